The van der Waals surface area contributed by atoms with E-state index in [0.29, 0.717) is 17.7 Å². The van der Waals surface area contributed by atoms with Crippen LogP contribution in [0, 0.1) is 5.92 Å². The monoisotopic (exact) mass is 440 g/mol. The van der Waals surface area contributed by atoms with Crippen LogP contribution in [0.1, 0.15) is 61.5 Å². The molecule has 0 radical (unpaired) electrons. The van der Waals surface area contributed by atoms with E-state index >= 15 is 0 Å². The summed E-state index contributed by atoms with van der Waals surface area (Å²) in [5, 5.41) is 15.0. The molecule has 1 atom stereocenters. The molecule has 7 heteroatoms. The van der Waals surface area contributed by atoms with Crippen molar-refractivity contribution in [3.63, 3.8) is 0 Å². The van der Waals surface area contributed by atoms with Crippen molar-refractivity contribution in [1.29, 1.82) is 0 Å². The maximum absolute atomic E-state index is 12.8. The summed E-state index contributed by atoms with van der Waals surface area (Å²) in [6.07, 6.45) is 4.06. The molecule has 0 bridgehead atoms. The molecule has 1 aliphatic rings. The highest BCUT2D eigenvalue weighted by Crippen LogP contribution is 2.39. The van der Waals surface area contributed by atoms with Crippen LogP contribution >= 0.6 is 23.1 Å². The summed E-state index contributed by atoms with van der Waals surface area (Å²) in [6, 6.07) is 14.9. The fourth-order valence-corrected chi connectivity index (χ4v) is 5.13. The van der Waals surface area contributed by atoms with Gasteiger partial charge in [-0.2, -0.15) is 0 Å². The van der Waals surface area contributed by atoms with E-state index in [1.54, 1.807) is 11.3 Å². The van der Waals surface area contributed by atoms with Crippen LogP contribution in [0.2, 0.25) is 0 Å². The van der Waals surface area contributed by atoms with Gasteiger partial charge in [0.25, 0.3) is 0 Å². The number of aromatic nitrogens is 3. The van der Waals surface area contributed by atoms with Gasteiger partial charge in [-0.05, 0) is 42.2 Å². The van der Waals surface area contributed by atoms with E-state index in [4.69, 9.17) is 0 Å². The minimum absolute atomic E-state index is 0.0370. The second-order valence-corrected chi connectivity index (χ2v) is 10.2. The van der Waals surface area contributed by atoms with E-state index < -0.39 is 0 Å². The maximum atomic E-state index is 12.8. The first-order valence-electron chi connectivity index (χ1n) is 10.5. The molecule has 4 rings (SSSR count). The quantitative estimate of drug-likeness (QED) is 0.437. The van der Waals surface area contributed by atoms with Gasteiger partial charge in [-0.25, -0.2) is 0 Å². The normalized spacial score (nSPS) is 14.8. The number of nitrogens with zero attached hydrogens (tertiary/aromatic N) is 3. The molecule has 1 N–H and O–H groups in total. The Morgan fingerprint density at radius 2 is 2.00 bits per heavy atom. The minimum atomic E-state index is 0.0370. The Morgan fingerprint density at radius 1 is 1.20 bits per heavy atom. The summed E-state index contributed by atoms with van der Waals surface area (Å²) in [5.41, 5.74) is 1.16. The Balaban J connectivity index is 1.40. The minimum Gasteiger partial charge on any atom is -0.349 e. The fraction of sp³-hybridized carbons (Fsp3) is 0.435. The van der Waals surface area contributed by atoms with Crippen LogP contribution in [0.5, 0.6) is 0 Å². The molecule has 2 aromatic heterocycles. The zero-order valence-corrected chi connectivity index (χ0v) is 19.1. The molecule has 0 aliphatic heterocycles. The Hall–Kier alpha value is -2.12. The fourth-order valence-electron chi connectivity index (χ4n) is 3.60. The van der Waals surface area contributed by atoms with Crippen LogP contribution in [-0.4, -0.2) is 26.4 Å². The summed E-state index contributed by atoms with van der Waals surface area (Å²) in [7, 11) is 0. The molecule has 30 heavy (non-hydrogen) atoms. The second-order valence-electron chi connectivity index (χ2n) is 8.21. The molecule has 1 aromatic carbocycles. The summed E-state index contributed by atoms with van der Waals surface area (Å²) >= 11 is 3.24. The van der Waals surface area contributed by atoms with Crippen molar-refractivity contribution in [2.75, 3.05) is 5.75 Å². The predicted octanol–water partition coefficient (Wildman–Crippen LogP) is 5.26. The average molecular weight is 441 g/mol. The van der Waals surface area contributed by atoms with Gasteiger partial charge < -0.3 is 9.88 Å². The highest BCUT2D eigenvalue weighted by molar-refractivity contribution is 7.99. The lowest BCUT2D eigenvalue weighted by Gasteiger charge is -2.21. The third-order valence-corrected chi connectivity index (χ3v) is 6.96. The smallest absolute Gasteiger partial charge is 0.230 e. The Labute approximate surface area is 186 Å². The molecule has 3 aromatic rings. The van der Waals surface area contributed by atoms with Crippen molar-refractivity contribution < 1.29 is 4.79 Å². The topological polar surface area (TPSA) is 59.8 Å². The SMILES string of the molecule is CC(C)CC(NC(=O)CSc1nnc(Cc2cccs2)n1C1CC1)c1ccccc1. The number of nitrogens with one attached hydrogen (secondary N) is 1. The Morgan fingerprint density at radius 3 is 2.67 bits per heavy atom. The van der Waals surface area contributed by atoms with Crippen molar-refractivity contribution in [3.8, 4) is 0 Å². The number of amides is 1. The van der Waals surface area contributed by atoms with E-state index in [-0.39, 0.29) is 11.9 Å². The molecule has 1 amide bonds. The van der Waals surface area contributed by atoms with E-state index in [9.17, 15) is 4.79 Å². The number of thioether (sulfide) groups is 1. The van der Waals surface area contributed by atoms with Gasteiger partial charge in [0.15, 0.2) is 5.16 Å². The van der Waals surface area contributed by atoms with E-state index in [1.807, 2.05) is 18.2 Å². The van der Waals surface area contributed by atoms with Gasteiger partial charge in [0.05, 0.1) is 11.8 Å². The van der Waals surface area contributed by atoms with Crippen molar-refractivity contribution in [2.45, 2.75) is 56.8 Å². The van der Waals surface area contributed by atoms with Crippen molar-refractivity contribution in [3.05, 3.63) is 64.1 Å². The average Bonchev–Trinajstić information content (AvgIpc) is 3.28. The van der Waals surface area contributed by atoms with Crippen LogP contribution in [0.15, 0.2) is 53.0 Å². The van der Waals surface area contributed by atoms with E-state index in [2.05, 4.69) is 63.6 Å². The van der Waals surface area contributed by atoms with Crippen LogP contribution in [0.25, 0.3) is 0 Å². The Kier molecular flexibility index (Phi) is 6.89. The molecule has 5 nitrogen and oxygen atoms in total. The molecule has 1 aliphatic carbocycles. The molecular formula is C23H28N4OS2. The number of hydrogen-bond acceptors (Lipinski definition) is 5. The number of rotatable bonds is 10. The molecular weight excluding hydrogens is 412 g/mol. The molecule has 158 valence electrons. The van der Waals surface area contributed by atoms with Gasteiger partial charge in [-0.15, -0.1) is 21.5 Å². The number of carbonyl (C=O) groups is 1. The standard InChI is InChI=1S/C23H28N4OS2/c1-16(2)13-20(17-7-4-3-5-8-17)24-22(28)15-30-23-26-25-21(27(23)18-10-11-18)14-19-9-6-12-29-19/h3-9,12,16,18,20H,10-11,13-15H2,1-2H3,(H,24,28). The summed E-state index contributed by atoms with van der Waals surface area (Å²) in [5.74, 6) is 1.90. The van der Waals surface area contributed by atoms with Gasteiger partial charge in [-0.1, -0.05) is 62.0 Å². The van der Waals surface area contributed by atoms with Crippen LogP contribution in [0.4, 0.5) is 0 Å². The Bertz CT molecular complexity index is 949. The highest BCUT2D eigenvalue weighted by atomic mass is 32.2. The van der Waals surface area contributed by atoms with Crippen LogP contribution < -0.4 is 5.32 Å². The van der Waals surface area contributed by atoms with Gasteiger partial charge in [0.2, 0.25) is 5.91 Å². The molecule has 0 saturated heterocycles. The molecule has 1 fully saturated rings. The lowest BCUT2D eigenvalue weighted by atomic mass is 9.97. The third-order valence-electron chi connectivity index (χ3n) is 5.14. The highest BCUT2D eigenvalue weighted by Gasteiger charge is 2.30. The van der Waals surface area contributed by atoms with Crippen molar-refractivity contribution in [1.82, 2.24) is 20.1 Å². The molecule has 1 unspecified atom stereocenters. The summed E-state index contributed by atoms with van der Waals surface area (Å²) in [4.78, 5) is 14.0. The van der Waals surface area contributed by atoms with Crippen LogP contribution in [-0.2, 0) is 11.2 Å². The third kappa shape index (κ3) is 5.52. The number of thiophene rings is 1. The first-order valence-corrected chi connectivity index (χ1v) is 12.4. The first-order chi connectivity index (χ1) is 14.6. The molecule has 2 heterocycles. The maximum Gasteiger partial charge on any atom is 0.230 e. The number of benzene rings is 1. The van der Waals surface area contributed by atoms with E-state index in [1.165, 1.54) is 29.5 Å². The zero-order chi connectivity index (χ0) is 20.9. The largest absolute Gasteiger partial charge is 0.349 e. The first kappa shape index (κ1) is 21.1. The van der Waals surface area contributed by atoms with E-state index in [0.717, 1.165) is 29.4 Å². The summed E-state index contributed by atoms with van der Waals surface area (Å²) in [6.45, 7) is 4.37. The van der Waals surface area contributed by atoms with Gasteiger partial charge in [0.1, 0.15) is 5.82 Å². The lowest BCUT2D eigenvalue weighted by molar-refractivity contribution is -0.119. The van der Waals surface area contributed by atoms with Crippen molar-refractivity contribution in [2.24, 2.45) is 5.92 Å². The number of carbonyl (C=O) groups excluding carboxylic acids is 1. The predicted molar refractivity (Wildman–Crippen MR) is 123 cm³/mol. The number of hydrogen-bond donors (Lipinski definition) is 1. The second kappa shape index (κ2) is 9.79. The summed E-state index contributed by atoms with van der Waals surface area (Å²) < 4.78 is 2.25. The lowest BCUT2D eigenvalue weighted by Crippen LogP contribution is -2.31. The van der Waals surface area contributed by atoms with Gasteiger partial charge in [0, 0.05) is 17.3 Å². The van der Waals surface area contributed by atoms with Crippen molar-refractivity contribution >= 4 is 29.0 Å². The van der Waals surface area contributed by atoms with Crippen LogP contribution in [0.3, 0.4) is 0 Å². The van der Waals surface area contributed by atoms with Gasteiger partial charge >= 0.3 is 0 Å². The molecule has 0 spiro atoms. The van der Waals surface area contributed by atoms with Gasteiger partial charge in [-0.3, -0.25) is 4.79 Å². The zero-order valence-electron chi connectivity index (χ0n) is 17.5. The molecule has 1 saturated carbocycles.